The van der Waals surface area contributed by atoms with E-state index in [0.29, 0.717) is 27.8 Å². The number of halogens is 1. The zero-order valence-corrected chi connectivity index (χ0v) is 17.9. The minimum Gasteiger partial charge on any atom is -0.493 e. The van der Waals surface area contributed by atoms with Crippen LogP contribution in [0.2, 0.25) is 5.02 Å². The first-order valence-electron chi connectivity index (χ1n) is 9.54. The number of aryl methyl sites for hydroxylation is 1. The molecule has 1 amide bonds. The number of carbonyl (C=O) groups is 1. The first-order chi connectivity index (χ1) is 15.0. The average molecular weight is 433 g/mol. The lowest BCUT2D eigenvalue weighted by atomic mass is 10.1. The second-order valence-electron chi connectivity index (χ2n) is 6.78. The van der Waals surface area contributed by atoms with Crippen LogP contribution in [0.25, 0.3) is 6.08 Å². The Morgan fingerprint density at radius 2 is 1.90 bits per heavy atom. The number of methoxy groups -OCH3 is 1. The van der Waals surface area contributed by atoms with E-state index in [9.17, 15) is 10.1 Å². The number of nitriles is 1. The summed E-state index contributed by atoms with van der Waals surface area (Å²) in [4.78, 5) is 12.5. The summed E-state index contributed by atoms with van der Waals surface area (Å²) in [5.41, 5.74) is 3.12. The molecule has 31 heavy (non-hydrogen) atoms. The zero-order chi connectivity index (χ0) is 22.2. The number of nitrogens with zero attached hydrogens (tertiary/aromatic N) is 1. The molecule has 0 unspecified atom stereocenters. The van der Waals surface area contributed by atoms with E-state index in [1.54, 1.807) is 30.3 Å². The Morgan fingerprint density at radius 1 is 1.10 bits per heavy atom. The first kappa shape index (κ1) is 21.9. The summed E-state index contributed by atoms with van der Waals surface area (Å²) in [7, 11) is 1.53. The Balaban J connectivity index is 1.76. The third-order valence-electron chi connectivity index (χ3n) is 4.48. The molecule has 0 heterocycles. The number of benzene rings is 3. The van der Waals surface area contributed by atoms with Crippen molar-refractivity contribution in [3.05, 3.63) is 94.0 Å². The van der Waals surface area contributed by atoms with Gasteiger partial charge in [-0.3, -0.25) is 4.79 Å². The van der Waals surface area contributed by atoms with Crippen molar-refractivity contribution >= 4 is 29.3 Å². The zero-order valence-electron chi connectivity index (χ0n) is 17.2. The molecule has 0 saturated carbocycles. The van der Waals surface area contributed by atoms with Crippen molar-refractivity contribution in [2.24, 2.45) is 0 Å². The molecule has 5 nitrogen and oxygen atoms in total. The van der Waals surface area contributed by atoms with E-state index >= 15 is 0 Å². The van der Waals surface area contributed by atoms with Gasteiger partial charge in [0.05, 0.1) is 7.11 Å². The van der Waals surface area contributed by atoms with Crippen LogP contribution in [-0.4, -0.2) is 13.0 Å². The molecule has 3 aromatic rings. The fourth-order valence-electron chi connectivity index (χ4n) is 2.90. The number of ether oxygens (including phenoxy) is 2. The molecule has 156 valence electrons. The topological polar surface area (TPSA) is 71.3 Å². The highest BCUT2D eigenvalue weighted by Gasteiger charge is 2.12. The molecule has 6 heteroatoms. The van der Waals surface area contributed by atoms with Gasteiger partial charge in [0.25, 0.3) is 5.91 Å². The van der Waals surface area contributed by atoms with E-state index in [2.05, 4.69) is 5.32 Å². The van der Waals surface area contributed by atoms with Crippen molar-refractivity contribution in [3.8, 4) is 17.6 Å². The van der Waals surface area contributed by atoms with Crippen LogP contribution < -0.4 is 14.8 Å². The van der Waals surface area contributed by atoms with Gasteiger partial charge in [-0.25, -0.2) is 0 Å². The predicted molar refractivity (Wildman–Crippen MR) is 122 cm³/mol. The normalized spacial score (nSPS) is 10.8. The molecule has 0 saturated heterocycles. The van der Waals surface area contributed by atoms with E-state index < -0.39 is 5.91 Å². The maximum absolute atomic E-state index is 12.5. The molecule has 0 aliphatic rings. The molecule has 1 N–H and O–H groups in total. The summed E-state index contributed by atoms with van der Waals surface area (Å²) in [6, 6.07) is 22.0. The van der Waals surface area contributed by atoms with Crippen molar-refractivity contribution in [2.75, 3.05) is 12.4 Å². The molecule has 0 aliphatic carbocycles. The summed E-state index contributed by atoms with van der Waals surface area (Å²) >= 11 is 6.17. The van der Waals surface area contributed by atoms with Crippen LogP contribution in [0.4, 0.5) is 5.69 Å². The van der Waals surface area contributed by atoms with Crippen LogP contribution >= 0.6 is 11.6 Å². The standard InChI is InChI=1S/C25H21ClN2O3/c1-17-6-5-8-21(12-17)28-25(29)20(15-27)13-18-10-11-23(24(14-18)30-2)31-16-19-7-3-4-9-22(19)26/h3-14H,16H2,1-2H3,(H,28,29)/b20-13-. The van der Waals surface area contributed by atoms with Gasteiger partial charge >= 0.3 is 0 Å². The van der Waals surface area contributed by atoms with Gasteiger partial charge in [0.1, 0.15) is 18.2 Å². The average Bonchev–Trinajstić information content (AvgIpc) is 2.77. The maximum atomic E-state index is 12.5. The molecule has 0 bridgehead atoms. The highest BCUT2D eigenvalue weighted by molar-refractivity contribution is 6.31. The highest BCUT2D eigenvalue weighted by atomic mass is 35.5. The lowest BCUT2D eigenvalue weighted by molar-refractivity contribution is -0.112. The lowest BCUT2D eigenvalue weighted by Gasteiger charge is -2.12. The van der Waals surface area contributed by atoms with Crippen molar-refractivity contribution in [1.29, 1.82) is 5.26 Å². The Bertz CT molecular complexity index is 1170. The van der Waals surface area contributed by atoms with E-state index in [1.807, 2.05) is 49.4 Å². The van der Waals surface area contributed by atoms with Gasteiger partial charge in [-0.2, -0.15) is 5.26 Å². The monoisotopic (exact) mass is 432 g/mol. The number of anilines is 1. The van der Waals surface area contributed by atoms with Crippen LogP contribution in [0, 0.1) is 18.3 Å². The molecule has 0 aliphatic heterocycles. The van der Waals surface area contributed by atoms with E-state index in [0.717, 1.165) is 11.1 Å². The van der Waals surface area contributed by atoms with Crippen LogP contribution in [0.1, 0.15) is 16.7 Å². The van der Waals surface area contributed by atoms with Gasteiger partial charge in [0.15, 0.2) is 11.5 Å². The third kappa shape index (κ3) is 5.88. The van der Waals surface area contributed by atoms with Crippen LogP contribution in [0.3, 0.4) is 0 Å². The molecular weight excluding hydrogens is 412 g/mol. The van der Waals surface area contributed by atoms with Crippen molar-refractivity contribution in [2.45, 2.75) is 13.5 Å². The van der Waals surface area contributed by atoms with E-state index in [4.69, 9.17) is 21.1 Å². The quantitative estimate of drug-likeness (QED) is 0.379. The Kier molecular flexibility index (Phi) is 7.31. The lowest BCUT2D eigenvalue weighted by Crippen LogP contribution is -2.13. The maximum Gasteiger partial charge on any atom is 0.266 e. The number of carbonyl (C=O) groups excluding carboxylic acids is 1. The summed E-state index contributed by atoms with van der Waals surface area (Å²) in [6.45, 7) is 2.21. The van der Waals surface area contributed by atoms with Crippen LogP contribution in [0.15, 0.2) is 72.3 Å². The summed E-state index contributed by atoms with van der Waals surface area (Å²) < 4.78 is 11.3. The SMILES string of the molecule is COc1cc(/C=C(/C#N)C(=O)Nc2cccc(C)c2)ccc1OCc1ccccc1Cl. The number of hydrogen-bond acceptors (Lipinski definition) is 4. The molecule has 3 aromatic carbocycles. The summed E-state index contributed by atoms with van der Waals surface area (Å²) in [5.74, 6) is 0.533. The van der Waals surface area contributed by atoms with Gasteiger partial charge in [0, 0.05) is 16.3 Å². The van der Waals surface area contributed by atoms with Crippen LogP contribution in [-0.2, 0) is 11.4 Å². The predicted octanol–water partition coefficient (Wildman–Crippen LogP) is 5.78. The van der Waals surface area contributed by atoms with E-state index in [-0.39, 0.29) is 12.2 Å². The fourth-order valence-corrected chi connectivity index (χ4v) is 3.09. The fraction of sp³-hybridized carbons (Fsp3) is 0.120. The Morgan fingerprint density at radius 3 is 2.61 bits per heavy atom. The van der Waals surface area contributed by atoms with Gasteiger partial charge in [-0.15, -0.1) is 0 Å². The Hall–Kier alpha value is -3.75. The third-order valence-corrected chi connectivity index (χ3v) is 4.85. The second kappa shape index (κ2) is 10.3. The van der Waals surface area contributed by atoms with Gasteiger partial charge in [-0.1, -0.05) is 48.0 Å². The number of nitrogens with one attached hydrogen (secondary N) is 1. The number of amides is 1. The smallest absolute Gasteiger partial charge is 0.266 e. The molecular formula is C25H21ClN2O3. The second-order valence-corrected chi connectivity index (χ2v) is 7.19. The summed E-state index contributed by atoms with van der Waals surface area (Å²) in [6.07, 6.45) is 1.51. The van der Waals surface area contributed by atoms with Crippen molar-refractivity contribution < 1.29 is 14.3 Å². The van der Waals surface area contributed by atoms with Gasteiger partial charge in [0.2, 0.25) is 0 Å². The Labute approximate surface area is 186 Å². The minimum absolute atomic E-state index is 0.0201. The molecule has 0 fully saturated rings. The van der Waals surface area contributed by atoms with E-state index in [1.165, 1.54) is 13.2 Å². The van der Waals surface area contributed by atoms with Gasteiger partial charge in [-0.05, 0) is 54.5 Å². The van der Waals surface area contributed by atoms with Crippen molar-refractivity contribution in [1.82, 2.24) is 0 Å². The first-order valence-corrected chi connectivity index (χ1v) is 9.92. The highest BCUT2D eigenvalue weighted by Crippen LogP contribution is 2.30. The van der Waals surface area contributed by atoms with Gasteiger partial charge < -0.3 is 14.8 Å². The molecule has 0 spiro atoms. The van der Waals surface area contributed by atoms with Crippen molar-refractivity contribution in [3.63, 3.8) is 0 Å². The van der Waals surface area contributed by atoms with Crippen LogP contribution in [0.5, 0.6) is 11.5 Å². The molecule has 0 aromatic heterocycles. The number of rotatable bonds is 7. The largest absolute Gasteiger partial charge is 0.493 e. The molecule has 0 atom stereocenters. The summed E-state index contributed by atoms with van der Waals surface area (Å²) in [5, 5.41) is 12.8. The molecule has 0 radical (unpaired) electrons. The molecule has 3 rings (SSSR count). The number of hydrogen-bond donors (Lipinski definition) is 1. The minimum atomic E-state index is -0.480.